The van der Waals surface area contributed by atoms with Crippen molar-refractivity contribution in [1.29, 1.82) is 0 Å². The molecule has 0 spiro atoms. The van der Waals surface area contributed by atoms with Gasteiger partial charge in [0.05, 0.1) is 8.07 Å². The normalized spacial score (nSPS) is 11.7. The fraction of sp³-hybridized carbons (Fsp3) is 0.333. The quantitative estimate of drug-likeness (QED) is 0.686. The van der Waals surface area contributed by atoms with Gasteiger partial charge in [0, 0.05) is 0 Å². The van der Waals surface area contributed by atoms with Gasteiger partial charge in [-0.25, -0.2) is 4.39 Å². The molecule has 0 aliphatic rings. The third kappa shape index (κ3) is 1.93. The summed E-state index contributed by atoms with van der Waals surface area (Å²) in [6.07, 6.45) is 0.707. The Kier molecular flexibility index (Phi) is 2.64. The Morgan fingerprint density at radius 2 is 1.75 bits per heavy atom. The molecule has 1 aromatic carbocycles. The minimum absolute atomic E-state index is 0.180. The summed E-state index contributed by atoms with van der Waals surface area (Å²) < 4.78 is 12.6. The smallest absolute Gasteiger partial charge is 0.123 e. The molecule has 0 bridgehead atoms. The number of hydrogen-bond acceptors (Lipinski definition) is 1. The van der Waals surface area contributed by atoms with E-state index in [0.29, 0.717) is 6.17 Å². The van der Waals surface area contributed by atoms with Crippen molar-refractivity contribution >= 4 is 13.3 Å². The van der Waals surface area contributed by atoms with Crippen molar-refractivity contribution in [2.75, 3.05) is 6.17 Å². The van der Waals surface area contributed by atoms with Gasteiger partial charge in [-0.15, -0.1) is 0 Å². The van der Waals surface area contributed by atoms with E-state index < -0.39 is 8.07 Å². The van der Waals surface area contributed by atoms with Crippen molar-refractivity contribution in [3.8, 4) is 0 Å². The van der Waals surface area contributed by atoms with E-state index >= 15 is 0 Å². The minimum Gasteiger partial charge on any atom is -0.333 e. The van der Waals surface area contributed by atoms with Gasteiger partial charge in [-0.05, 0) is 18.3 Å². The molecule has 0 radical (unpaired) electrons. The van der Waals surface area contributed by atoms with E-state index in [1.54, 1.807) is 0 Å². The first-order valence-corrected chi connectivity index (χ1v) is 7.23. The number of nitrogens with two attached hydrogens (primary N) is 1. The highest BCUT2D eigenvalue weighted by atomic mass is 28.3. The molecule has 0 saturated heterocycles. The number of hydrogen-bond donors (Lipinski definition) is 1. The molecule has 0 heterocycles. The summed E-state index contributed by atoms with van der Waals surface area (Å²) in [6, 6.07) is 6.68. The Hall–Kier alpha value is -0.673. The monoisotopic (exact) mass is 183 g/mol. The zero-order valence-electron chi connectivity index (χ0n) is 7.47. The largest absolute Gasteiger partial charge is 0.333 e. The summed E-state index contributed by atoms with van der Waals surface area (Å²) in [4.78, 5) is 0. The van der Waals surface area contributed by atoms with Crippen molar-refractivity contribution in [3.63, 3.8) is 0 Å². The fourth-order valence-electron chi connectivity index (χ4n) is 1.02. The maximum Gasteiger partial charge on any atom is 0.123 e. The molecule has 1 nitrogen and oxygen atoms in total. The van der Waals surface area contributed by atoms with Crippen LogP contribution in [0.4, 0.5) is 4.39 Å². The van der Waals surface area contributed by atoms with Gasteiger partial charge in [0.15, 0.2) is 0 Å². The maximum atomic E-state index is 12.6. The predicted octanol–water partition coefficient (Wildman–Crippen LogP) is 1.24. The van der Waals surface area contributed by atoms with Crippen LogP contribution in [0.5, 0.6) is 0 Å². The average Bonchev–Trinajstić information content (AvgIpc) is 2.05. The Morgan fingerprint density at radius 3 is 2.17 bits per heavy atom. The highest BCUT2D eigenvalue weighted by Gasteiger charge is 2.20. The SMILES string of the molecule is C[Si](C)(CN)c1ccc(F)cc1. The summed E-state index contributed by atoms with van der Waals surface area (Å²) in [5.74, 6) is -0.180. The van der Waals surface area contributed by atoms with Gasteiger partial charge in [-0.2, -0.15) is 0 Å². The Bertz CT molecular complexity index is 256. The summed E-state index contributed by atoms with van der Waals surface area (Å²) in [6.45, 7) is 4.36. The average molecular weight is 183 g/mol. The van der Waals surface area contributed by atoms with Crippen molar-refractivity contribution in [3.05, 3.63) is 30.1 Å². The van der Waals surface area contributed by atoms with E-state index in [2.05, 4.69) is 13.1 Å². The second-order valence-electron chi connectivity index (χ2n) is 3.59. The number of rotatable bonds is 2. The molecular weight excluding hydrogens is 169 g/mol. The van der Waals surface area contributed by atoms with Crippen LogP contribution >= 0.6 is 0 Å². The highest BCUT2D eigenvalue weighted by molar-refractivity contribution is 6.89. The Labute approximate surface area is 73.4 Å². The third-order valence-corrected chi connectivity index (χ3v) is 5.05. The lowest BCUT2D eigenvalue weighted by molar-refractivity contribution is 0.628. The van der Waals surface area contributed by atoms with Crippen molar-refractivity contribution in [2.45, 2.75) is 13.1 Å². The van der Waals surface area contributed by atoms with Crippen LogP contribution < -0.4 is 10.9 Å². The van der Waals surface area contributed by atoms with Gasteiger partial charge in [-0.3, -0.25) is 0 Å². The van der Waals surface area contributed by atoms with Crippen LogP contribution in [-0.4, -0.2) is 14.2 Å². The first kappa shape index (κ1) is 9.42. The molecule has 0 aromatic heterocycles. The zero-order chi connectivity index (χ0) is 9.19. The van der Waals surface area contributed by atoms with Crippen molar-refractivity contribution in [1.82, 2.24) is 0 Å². The summed E-state index contributed by atoms with van der Waals surface area (Å²) >= 11 is 0. The van der Waals surface area contributed by atoms with E-state index in [1.807, 2.05) is 12.1 Å². The fourth-order valence-corrected chi connectivity index (χ4v) is 2.32. The van der Waals surface area contributed by atoms with Crippen molar-refractivity contribution < 1.29 is 4.39 Å². The number of halogens is 1. The van der Waals surface area contributed by atoms with Gasteiger partial charge >= 0.3 is 0 Å². The number of benzene rings is 1. The van der Waals surface area contributed by atoms with E-state index in [4.69, 9.17) is 5.73 Å². The second kappa shape index (κ2) is 3.37. The zero-order valence-corrected chi connectivity index (χ0v) is 8.47. The van der Waals surface area contributed by atoms with Gasteiger partial charge in [0.2, 0.25) is 0 Å². The molecular formula is C9H14FNSi. The molecule has 0 atom stereocenters. The van der Waals surface area contributed by atoms with Crippen molar-refractivity contribution in [2.24, 2.45) is 5.73 Å². The van der Waals surface area contributed by atoms with Crippen LogP contribution in [0.3, 0.4) is 0 Å². The minimum atomic E-state index is -1.47. The molecule has 0 saturated carbocycles. The van der Waals surface area contributed by atoms with E-state index in [-0.39, 0.29) is 5.82 Å². The topological polar surface area (TPSA) is 26.0 Å². The summed E-state index contributed by atoms with van der Waals surface area (Å²) in [7, 11) is -1.47. The van der Waals surface area contributed by atoms with Gasteiger partial charge in [0.1, 0.15) is 5.82 Å². The lowest BCUT2D eigenvalue weighted by Gasteiger charge is -2.19. The van der Waals surface area contributed by atoms with E-state index in [0.717, 1.165) is 0 Å². The lowest BCUT2D eigenvalue weighted by Crippen LogP contribution is -2.48. The van der Waals surface area contributed by atoms with Crippen LogP contribution in [0, 0.1) is 5.82 Å². The van der Waals surface area contributed by atoms with Crippen LogP contribution in [0.25, 0.3) is 0 Å². The summed E-state index contributed by atoms with van der Waals surface area (Å²) in [5.41, 5.74) is 5.64. The van der Waals surface area contributed by atoms with E-state index in [1.165, 1.54) is 17.3 Å². The highest BCUT2D eigenvalue weighted by Crippen LogP contribution is 2.02. The molecule has 2 N–H and O–H groups in total. The molecule has 12 heavy (non-hydrogen) atoms. The van der Waals surface area contributed by atoms with Gasteiger partial charge in [0.25, 0.3) is 0 Å². The first-order chi connectivity index (χ1) is 5.56. The molecule has 0 aliphatic heterocycles. The predicted molar refractivity (Wildman–Crippen MR) is 52.6 cm³/mol. The molecule has 66 valence electrons. The molecule has 0 aliphatic carbocycles. The second-order valence-corrected chi connectivity index (χ2v) is 8.35. The van der Waals surface area contributed by atoms with Crippen LogP contribution in [0.1, 0.15) is 0 Å². The molecule has 1 rings (SSSR count). The van der Waals surface area contributed by atoms with E-state index in [9.17, 15) is 4.39 Å². The lowest BCUT2D eigenvalue weighted by atomic mass is 10.3. The van der Waals surface area contributed by atoms with Gasteiger partial charge < -0.3 is 5.73 Å². The standard InChI is InChI=1S/C9H14FNSi/c1-12(2,7-11)9-5-3-8(10)4-6-9/h3-6H,7,11H2,1-2H3. The van der Waals surface area contributed by atoms with Gasteiger partial charge in [-0.1, -0.05) is 30.4 Å². The molecule has 0 amide bonds. The Balaban J connectivity index is 2.96. The Morgan fingerprint density at radius 1 is 1.25 bits per heavy atom. The summed E-state index contributed by atoms with van der Waals surface area (Å²) in [5, 5.41) is 1.21. The third-order valence-electron chi connectivity index (χ3n) is 2.14. The van der Waals surface area contributed by atoms with Crippen LogP contribution in [0.15, 0.2) is 24.3 Å². The van der Waals surface area contributed by atoms with Crippen LogP contribution in [-0.2, 0) is 0 Å². The molecule has 0 fully saturated rings. The first-order valence-electron chi connectivity index (χ1n) is 4.02. The molecule has 1 aromatic rings. The van der Waals surface area contributed by atoms with Crippen LogP contribution in [0.2, 0.25) is 13.1 Å². The molecule has 0 unspecified atom stereocenters. The molecule has 3 heteroatoms. The maximum absolute atomic E-state index is 12.6.